The van der Waals surface area contributed by atoms with Crippen molar-refractivity contribution < 1.29 is 13.6 Å². The van der Waals surface area contributed by atoms with Gasteiger partial charge in [0.05, 0.1) is 29.4 Å². The summed E-state index contributed by atoms with van der Waals surface area (Å²) < 4.78 is 30.9. The number of nitrogens with one attached hydrogen (secondary N) is 1. The largest absolute Gasteiger partial charge is 0.322 e. The zero-order valence-electron chi connectivity index (χ0n) is 17.7. The van der Waals surface area contributed by atoms with E-state index in [1.54, 1.807) is 19.2 Å². The van der Waals surface area contributed by atoms with E-state index in [4.69, 9.17) is 0 Å². The van der Waals surface area contributed by atoms with Crippen molar-refractivity contribution in [1.29, 1.82) is 0 Å². The second kappa shape index (κ2) is 7.33. The van der Waals surface area contributed by atoms with Gasteiger partial charge in [0.25, 0.3) is 5.91 Å². The lowest BCUT2D eigenvalue weighted by atomic mass is 9.99. The first-order chi connectivity index (χ1) is 15.3. The number of pyridine rings is 1. The molecule has 0 radical (unpaired) electrons. The molecule has 6 nitrogen and oxygen atoms in total. The number of anilines is 1. The Balaban J connectivity index is 1.49. The molecule has 2 aromatic carbocycles. The Morgan fingerprint density at radius 1 is 1.09 bits per heavy atom. The Hall–Kier alpha value is -3.94. The molecule has 0 fully saturated rings. The molecule has 0 saturated carbocycles. The molecule has 1 amide bonds. The summed E-state index contributed by atoms with van der Waals surface area (Å²) in [4.78, 5) is 21.8. The van der Waals surface area contributed by atoms with Gasteiger partial charge in [-0.3, -0.25) is 19.5 Å². The zero-order valence-corrected chi connectivity index (χ0v) is 17.7. The van der Waals surface area contributed by atoms with Crippen molar-refractivity contribution in [3.63, 3.8) is 0 Å². The van der Waals surface area contributed by atoms with Crippen molar-refractivity contribution in [3.8, 4) is 0 Å². The molecule has 0 unspecified atom stereocenters. The van der Waals surface area contributed by atoms with Gasteiger partial charge in [0.2, 0.25) is 0 Å². The number of aliphatic imine (C=N–C) groups is 1. The van der Waals surface area contributed by atoms with E-state index in [1.165, 1.54) is 10.9 Å². The fourth-order valence-electron chi connectivity index (χ4n) is 4.10. The highest BCUT2D eigenvalue weighted by Gasteiger charge is 2.24. The van der Waals surface area contributed by atoms with Crippen LogP contribution in [-0.4, -0.2) is 26.4 Å². The number of hydrogen-bond donors (Lipinski definition) is 1. The number of carbonyl (C=O) groups is 1. The summed E-state index contributed by atoms with van der Waals surface area (Å²) in [5.74, 6) is -2.74. The van der Waals surface area contributed by atoms with E-state index in [0.717, 1.165) is 39.9 Å². The van der Waals surface area contributed by atoms with Gasteiger partial charge in [-0.15, -0.1) is 0 Å². The number of aryl methyl sites for hydroxylation is 3. The first kappa shape index (κ1) is 20.0. The molecule has 1 aliphatic rings. The number of halogens is 2. The third-order valence-corrected chi connectivity index (χ3v) is 5.56. The second-order valence-electron chi connectivity index (χ2n) is 7.88. The maximum Gasteiger partial charge on any atom is 0.261 e. The van der Waals surface area contributed by atoms with Crippen LogP contribution in [0.2, 0.25) is 0 Å². The Kier molecular flexibility index (Phi) is 4.58. The van der Waals surface area contributed by atoms with Crippen LogP contribution in [0.15, 0.2) is 47.6 Å². The fraction of sp³-hybridized carbons (Fsp3) is 0.167. The second-order valence-corrected chi connectivity index (χ2v) is 7.88. The van der Waals surface area contributed by atoms with Crippen molar-refractivity contribution in [2.24, 2.45) is 12.0 Å². The molecule has 1 N–H and O–H groups in total. The van der Waals surface area contributed by atoms with E-state index in [-0.39, 0.29) is 10.9 Å². The minimum Gasteiger partial charge on any atom is -0.322 e. The summed E-state index contributed by atoms with van der Waals surface area (Å²) in [6.07, 6.45) is 1.28. The number of nitrogens with zero attached hydrogens (tertiary/aromatic N) is 4. The highest BCUT2D eigenvalue weighted by atomic mass is 19.1. The van der Waals surface area contributed by atoms with Gasteiger partial charge in [-0.1, -0.05) is 6.07 Å². The van der Waals surface area contributed by atoms with Gasteiger partial charge in [0.15, 0.2) is 0 Å². The summed E-state index contributed by atoms with van der Waals surface area (Å²) in [5, 5.41) is 6.64. The third kappa shape index (κ3) is 3.24. The predicted octanol–water partition coefficient (Wildman–Crippen LogP) is 4.47. The average molecular weight is 431 g/mol. The molecule has 0 atom stereocenters. The SMILES string of the molecule is Cc1cc(C2=NCc3ccc(NC(=O)c4c(F)cc5c(cnn5C)c4F)cc32)cc(C)n1. The lowest BCUT2D eigenvalue weighted by Crippen LogP contribution is -2.16. The van der Waals surface area contributed by atoms with Gasteiger partial charge in [-0.25, -0.2) is 8.78 Å². The highest BCUT2D eigenvalue weighted by molar-refractivity contribution is 6.16. The minimum atomic E-state index is -0.942. The van der Waals surface area contributed by atoms with E-state index in [2.05, 4.69) is 20.4 Å². The fourth-order valence-corrected chi connectivity index (χ4v) is 4.10. The molecule has 8 heteroatoms. The normalized spacial score (nSPS) is 12.7. The number of hydrogen-bond acceptors (Lipinski definition) is 4. The molecular formula is C24H19F2N5O. The number of fused-ring (bicyclic) bond motifs is 2. The summed E-state index contributed by atoms with van der Waals surface area (Å²) in [5.41, 5.74) is 5.47. The minimum absolute atomic E-state index is 0.0887. The molecule has 32 heavy (non-hydrogen) atoms. The maximum absolute atomic E-state index is 14.9. The number of aromatic nitrogens is 3. The van der Waals surface area contributed by atoms with E-state index >= 15 is 0 Å². The Labute approximate surface area is 182 Å². The van der Waals surface area contributed by atoms with Crippen LogP contribution < -0.4 is 5.32 Å². The standard InChI is InChI=1S/C24H19F2N5O/c1-12-6-15(7-13(2)29-12)23-17-8-16(5-4-14(17)10-27-23)30-24(32)21-19(25)9-20-18(22(21)26)11-28-31(20)3/h4-9,11H,10H2,1-3H3,(H,30,32). The molecule has 0 aliphatic carbocycles. The number of rotatable bonds is 3. The van der Waals surface area contributed by atoms with Crippen LogP contribution in [-0.2, 0) is 13.6 Å². The van der Waals surface area contributed by atoms with Crippen LogP contribution >= 0.6 is 0 Å². The summed E-state index contributed by atoms with van der Waals surface area (Å²) in [7, 11) is 1.58. The molecule has 5 rings (SSSR count). The van der Waals surface area contributed by atoms with Crippen molar-refractivity contribution >= 4 is 28.2 Å². The Morgan fingerprint density at radius 2 is 1.84 bits per heavy atom. The van der Waals surface area contributed by atoms with Crippen LogP contribution in [0.25, 0.3) is 10.9 Å². The van der Waals surface area contributed by atoms with E-state index in [1.807, 2.05) is 32.0 Å². The van der Waals surface area contributed by atoms with Crippen LogP contribution in [0.1, 0.15) is 38.4 Å². The molecular weight excluding hydrogens is 412 g/mol. The molecule has 4 aromatic rings. The van der Waals surface area contributed by atoms with Crippen LogP contribution in [0.4, 0.5) is 14.5 Å². The van der Waals surface area contributed by atoms with Gasteiger partial charge >= 0.3 is 0 Å². The quantitative estimate of drug-likeness (QED) is 0.520. The van der Waals surface area contributed by atoms with Gasteiger partial charge in [0, 0.05) is 41.3 Å². The van der Waals surface area contributed by atoms with Crippen LogP contribution in [0.3, 0.4) is 0 Å². The number of carbonyl (C=O) groups excluding carboxylic acids is 1. The van der Waals surface area contributed by atoms with Gasteiger partial charge in [-0.05, 0) is 43.7 Å². The van der Waals surface area contributed by atoms with Crippen molar-refractivity contribution in [2.45, 2.75) is 20.4 Å². The highest BCUT2D eigenvalue weighted by Crippen LogP contribution is 2.28. The molecule has 0 saturated heterocycles. The monoisotopic (exact) mass is 431 g/mol. The van der Waals surface area contributed by atoms with Crippen molar-refractivity contribution in [1.82, 2.24) is 14.8 Å². The summed E-state index contributed by atoms with van der Waals surface area (Å²) in [6, 6.07) is 10.4. The topological polar surface area (TPSA) is 72.2 Å². The van der Waals surface area contributed by atoms with Crippen molar-refractivity contribution in [2.75, 3.05) is 5.32 Å². The molecule has 0 spiro atoms. The Morgan fingerprint density at radius 3 is 2.59 bits per heavy atom. The average Bonchev–Trinajstić information content (AvgIpc) is 3.31. The molecule has 1 aliphatic heterocycles. The lowest BCUT2D eigenvalue weighted by Gasteiger charge is -2.11. The molecule has 160 valence electrons. The molecule has 0 bridgehead atoms. The molecule has 2 aromatic heterocycles. The first-order valence-electron chi connectivity index (χ1n) is 10.1. The summed E-state index contributed by atoms with van der Waals surface area (Å²) >= 11 is 0. The van der Waals surface area contributed by atoms with Crippen molar-refractivity contribution in [3.05, 3.63) is 87.9 Å². The number of amides is 1. The van der Waals surface area contributed by atoms with Gasteiger partial charge in [-0.2, -0.15) is 5.10 Å². The Bertz CT molecular complexity index is 1430. The van der Waals surface area contributed by atoms with Gasteiger partial charge in [0.1, 0.15) is 17.2 Å². The van der Waals surface area contributed by atoms with Crippen LogP contribution in [0, 0.1) is 25.5 Å². The first-order valence-corrected chi connectivity index (χ1v) is 10.1. The third-order valence-electron chi connectivity index (χ3n) is 5.56. The summed E-state index contributed by atoms with van der Waals surface area (Å²) in [6.45, 7) is 4.37. The number of benzene rings is 2. The van der Waals surface area contributed by atoms with E-state index < -0.39 is 23.1 Å². The van der Waals surface area contributed by atoms with E-state index in [9.17, 15) is 13.6 Å². The lowest BCUT2D eigenvalue weighted by molar-refractivity contribution is 0.101. The maximum atomic E-state index is 14.9. The zero-order chi connectivity index (χ0) is 22.6. The molecule has 3 heterocycles. The van der Waals surface area contributed by atoms with Crippen LogP contribution in [0.5, 0.6) is 0 Å². The van der Waals surface area contributed by atoms with E-state index in [0.29, 0.717) is 12.2 Å². The smallest absolute Gasteiger partial charge is 0.261 e. The van der Waals surface area contributed by atoms with Gasteiger partial charge < -0.3 is 5.32 Å². The predicted molar refractivity (Wildman–Crippen MR) is 118 cm³/mol.